The van der Waals surface area contributed by atoms with Crippen LogP contribution in [0.25, 0.3) is 0 Å². The predicted octanol–water partition coefficient (Wildman–Crippen LogP) is 2.90. The third kappa shape index (κ3) is 7.13. The summed E-state index contributed by atoms with van der Waals surface area (Å²) in [4.78, 5) is 18.0. The van der Waals surface area contributed by atoms with E-state index in [9.17, 15) is 13.2 Å². The second-order valence-electron chi connectivity index (χ2n) is 9.74. The SMILES string of the molecule is CN1CCN(CC(NC(=O)CCc2ccc(S(=O)(=O)N3CCCCC3)cc2)c2ccccc2)CC1. The molecule has 2 saturated heterocycles. The van der Waals surface area contributed by atoms with Crippen LogP contribution in [0.3, 0.4) is 0 Å². The Kier molecular flexibility index (Phi) is 8.94. The summed E-state index contributed by atoms with van der Waals surface area (Å²) in [5.74, 6) is 0.0120. The van der Waals surface area contributed by atoms with Crippen molar-refractivity contribution in [1.29, 1.82) is 0 Å². The highest BCUT2D eigenvalue weighted by Crippen LogP contribution is 2.21. The van der Waals surface area contributed by atoms with Gasteiger partial charge in [0.25, 0.3) is 0 Å². The summed E-state index contributed by atoms with van der Waals surface area (Å²) >= 11 is 0. The van der Waals surface area contributed by atoms with Crippen LogP contribution in [0, 0.1) is 0 Å². The maximum absolute atomic E-state index is 12.9. The van der Waals surface area contributed by atoms with Crippen LogP contribution in [0.15, 0.2) is 59.5 Å². The number of hydrogen-bond donors (Lipinski definition) is 1. The fourth-order valence-electron chi connectivity index (χ4n) is 4.82. The van der Waals surface area contributed by atoms with Crippen LogP contribution in [-0.2, 0) is 21.2 Å². The van der Waals surface area contributed by atoms with Gasteiger partial charge in [0.15, 0.2) is 0 Å². The lowest BCUT2D eigenvalue weighted by atomic mass is 10.0. The molecular formula is C27H38N4O3S. The molecule has 2 aliphatic rings. The fourth-order valence-corrected chi connectivity index (χ4v) is 6.33. The number of benzene rings is 2. The minimum atomic E-state index is -3.43. The number of likely N-dealkylation sites (N-methyl/N-ethyl adjacent to an activating group) is 1. The Morgan fingerprint density at radius 1 is 0.886 bits per heavy atom. The number of sulfonamides is 1. The molecule has 0 radical (unpaired) electrons. The Hall–Kier alpha value is -2.26. The summed E-state index contributed by atoms with van der Waals surface area (Å²) in [5, 5.41) is 3.24. The van der Waals surface area contributed by atoms with Gasteiger partial charge in [0.2, 0.25) is 15.9 Å². The van der Waals surface area contributed by atoms with Crippen molar-refractivity contribution < 1.29 is 13.2 Å². The average molecular weight is 499 g/mol. The third-order valence-corrected chi connectivity index (χ3v) is 9.00. The third-order valence-electron chi connectivity index (χ3n) is 7.09. The van der Waals surface area contributed by atoms with Crippen LogP contribution in [0.2, 0.25) is 0 Å². The molecule has 7 nitrogen and oxygen atoms in total. The zero-order chi connectivity index (χ0) is 24.7. The van der Waals surface area contributed by atoms with E-state index in [1.165, 1.54) is 0 Å². The summed E-state index contributed by atoms with van der Waals surface area (Å²) < 4.78 is 27.3. The maximum Gasteiger partial charge on any atom is 0.243 e. The molecule has 1 atom stereocenters. The van der Waals surface area contributed by atoms with E-state index in [-0.39, 0.29) is 11.9 Å². The average Bonchev–Trinajstić information content (AvgIpc) is 2.89. The van der Waals surface area contributed by atoms with Gasteiger partial charge in [-0.05, 0) is 49.6 Å². The van der Waals surface area contributed by atoms with Gasteiger partial charge in [0.1, 0.15) is 0 Å². The first-order valence-electron chi connectivity index (χ1n) is 12.8. The molecule has 2 aromatic rings. The van der Waals surface area contributed by atoms with E-state index in [1.54, 1.807) is 16.4 Å². The molecule has 0 bridgehead atoms. The second kappa shape index (κ2) is 12.1. The number of carbonyl (C=O) groups excluding carboxylic acids is 1. The highest BCUT2D eigenvalue weighted by molar-refractivity contribution is 7.89. The highest BCUT2D eigenvalue weighted by Gasteiger charge is 2.26. The summed E-state index contributed by atoms with van der Waals surface area (Å²) in [6.45, 7) is 6.08. The number of amides is 1. The lowest BCUT2D eigenvalue weighted by Crippen LogP contribution is -2.47. The Balaban J connectivity index is 1.33. The van der Waals surface area contributed by atoms with Gasteiger partial charge in [0.05, 0.1) is 10.9 Å². The standard InChI is InChI=1S/C27H38N4O3S/c1-29-18-20-30(21-19-29)22-26(24-8-4-2-5-9-24)28-27(32)15-12-23-10-13-25(14-11-23)35(33,34)31-16-6-3-7-17-31/h2,4-5,8-11,13-14,26H,3,6-7,12,15-22H2,1H3,(H,28,32). The van der Waals surface area contributed by atoms with E-state index >= 15 is 0 Å². The van der Waals surface area contributed by atoms with Crippen molar-refractivity contribution in [2.24, 2.45) is 0 Å². The van der Waals surface area contributed by atoms with Gasteiger partial charge in [-0.25, -0.2) is 8.42 Å². The molecule has 2 fully saturated rings. The molecule has 190 valence electrons. The van der Waals surface area contributed by atoms with Gasteiger partial charge < -0.3 is 10.2 Å². The van der Waals surface area contributed by atoms with Gasteiger partial charge in [-0.2, -0.15) is 4.31 Å². The molecule has 1 N–H and O–H groups in total. The first-order chi connectivity index (χ1) is 16.9. The molecule has 1 unspecified atom stereocenters. The normalized spacial score (nSPS) is 19.3. The number of piperazine rings is 1. The van der Waals surface area contributed by atoms with Gasteiger partial charge in [0, 0.05) is 52.2 Å². The molecule has 0 saturated carbocycles. The highest BCUT2D eigenvalue weighted by atomic mass is 32.2. The summed E-state index contributed by atoms with van der Waals surface area (Å²) in [7, 11) is -1.29. The number of nitrogens with zero attached hydrogens (tertiary/aromatic N) is 3. The van der Waals surface area contributed by atoms with Crippen molar-refractivity contribution >= 4 is 15.9 Å². The van der Waals surface area contributed by atoms with Crippen LogP contribution in [0.1, 0.15) is 42.9 Å². The van der Waals surface area contributed by atoms with Crippen LogP contribution in [-0.4, -0.2) is 81.3 Å². The monoisotopic (exact) mass is 498 g/mol. The van der Waals surface area contributed by atoms with E-state index < -0.39 is 10.0 Å². The van der Waals surface area contributed by atoms with Crippen LogP contribution in [0.5, 0.6) is 0 Å². The smallest absolute Gasteiger partial charge is 0.243 e. The van der Waals surface area contributed by atoms with Crippen LogP contribution >= 0.6 is 0 Å². The van der Waals surface area contributed by atoms with E-state index in [0.29, 0.717) is 30.8 Å². The number of rotatable bonds is 9. The number of aryl methyl sites for hydroxylation is 1. The number of carbonyl (C=O) groups is 1. The largest absolute Gasteiger partial charge is 0.348 e. The predicted molar refractivity (Wildman–Crippen MR) is 139 cm³/mol. The Bertz CT molecular complexity index is 1050. The fraction of sp³-hybridized carbons (Fsp3) is 0.519. The van der Waals surface area contributed by atoms with Crippen molar-refractivity contribution in [2.45, 2.75) is 43.0 Å². The number of piperidine rings is 1. The molecule has 0 aliphatic carbocycles. The Morgan fingerprint density at radius 3 is 2.20 bits per heavy atom. The van der Waals surface area contributed by atoms with Crippen molar-refractivity contribution in [3.63, 3.8) is 0 Å². The topological polar surface area (TPSA) is 73.0 Å². The lowest BCUT2D eigenvalue weighted by Gasteiger charge is -2.35. The Labute approximate surface area is 210 Å². The molecule has 2 aliphatic heterocycles. The van der Waals surface area contributed by atoms with Crippen molar-refractivity contribution in [1.82, 2.24) is 19.4 Å². The van der Waals surface area contributed by atoms with Crippen molar-refractivity contribution in [2.75, 3.05) is 52.9 Å². The van der Waals surface area contributed by atoms with Crippen LogP contribution < -0.4 is 5.32 Å². The Morgan fingerprint density at radius 2 is 1.54 bits per heavy atom. The quantitative estimate of drug-likeness (QED) is 0.576. The molecule has 2 aromatic carbocycles. The lowest BCUT2D eigenvalue weighted by molar-refractivity contribution is -0.122. The van der Waals surface area contributed by atoms with Gasteiger partial charge >= 0.3 is 0 Å². The molecule has 8 heteroatoms. The zero-order valence-electron chi connectivity index (χ0n) is 20.7. The second-order valence-corrected chi connectivity index (χ2v) is 11.7. The number of nitrogens with one attached hydrogen (secondary N) is 1. The first-order valence-corrected chi connectivity index (χ1v) is 14.2. The van der Waals surface area contributed by atoms with E-state index in [0.717, 1.165) is 63.1 Å². The van der Waals surface area contributed by atoms with Crippen molar-refractivity contribution in [3.05, 3.63) is 65.7 Å². The van der Waals surface area contributed by atoms with Crippen LogP contribution in [0.4, 0.5) is 0 Å². The molecular weight excluding hydrogens is 460 g/mol. The summed E-state index contributed by atoms with van der Waals surface area (Å²) in [6, 6.07) is 17.1. The molecule has 1 amide bonds. The van der Waals surface area contributed by atoms with E-state index in [2.05, 4.69) is 34.3 Å². The number of hydrogen-bond acceptors (Lipinski definition) is 5. The van der Waals surface area contributed by atoms with Gasteiger partial charge in [-0.1, -0.05) is 48.9 Å². The molecule has 4 rings (SSSR count). The van der Waals surface area contributed by atoms with Crippen molar-refractivity contribution in [3.8, 4) is 0 Å². The minimum absolute atomic E-state index is 0.0120. The van der Waals surface area contributed by atoms with Gasteiger partial charge in [-0.15, -0.1) is 0 Å². The molecule has 2 heterocycles. The molecule has 0 aromatic heterocycles. The van der Waals surface area contributed by atoms with E-state index in [4.69, 9.17) is 0 Å². The summed E-state index contributed by atoms with van der Waals surface area (Å²) in [6.07, 6.45) is 3.88. The zero-order valence-corrected chi connectivity index (χ0v) is 21.5. The minimum Gasteiger partial charge on any atom is -0.348 e. The van der Waals surface area contributed by atoms with E-state index in [1.807, 2.05) is 30.3 Å². The molecule has 0 spiro atoms. The summed E-state index contributed by atoms with van der Waals surface area (Å²) in [5.41, 5.74) is 2.08. The van der Waals surface area contributed by atoms with Gasteiger partial charge in [-0.3, -0.25) is 9.69 Å². The first kappa shape index (κ1) is 25.8. The molecule has 35 heavy (non-hydrogen) atoms. The maximum atomic E-state index is 12.9.